The second kappa shape index (κ2) is 7.61. The molecule has 2 atom stereocenters. The maximum absolute atomic E-state index is 6.15. The zero-order valence-corrected chi connectivity index (χ0v) is 17.6. The molecule has 5 rings (SSSR count). The second-order valence-corrected chi connectivity index (χ2v) is 8.00. The molecular formula is C24H26N4O2. The summed E-state index contributed by atoms with van der Waals surface area (Å²) in [6.07, 6.45) is 4.75. The van der Waals surface area contributed by atoms with Crippen LogP contribution in [0.4, 0.5) is 5.82 Å². The molecule has 1 aliphatic rings. The molecule has 0 bridgehead atoms. The fourth-order valence-corrected chi connectivity index (χ4v) is 4.15. The van der Waals surface area contributed by atoms with Crippen molar-refractivity contribution in [2.75, 3.05) is 18.5 Å². The van der Waals surface area contributed by atoms with E-state index in [-0.39, 0.29) is 12.1 Å². The molecule has 6 nitrogen and oxygen atoms in total. The van der Waals surface area contributed by atoms with Gasteiger partial charge < -0.3 is 14.8 Å². The van der Waals surface area contributed by atoms with Gasteiger partial charge in [0.25, 0.3) is 0 Å². The van der Waals surface area contributed by atoms with E-state index in [1.807, 2.05) is 16.7 Å². The number of aryl methyl sites for hydroxylation is 1. The topological polar surface area (TPSA) is 60.7 Å². The summed E-state index contributed by atoms with van der Waals surface area (Å²) >= 11 is 0. The number of nitrogens with zero attached hydrogens (tertiary/aromatic N) is 3. The van der Waals surface area contributed by atoms with Crippen LogP contribution in [-0.4, -0.2) is 33.7 Å². The molecule has 1 N–H and O–H groups in total. The Morgan fingerprint density at radius 1 is 1.23 bits per heavy atom. The van der Waals surface area contributed by atoms with E-state index in [9.17, 15) is 0 Å². The SMILES string of the molecule is Cc1cccc([C@@H](C)Nc2nc3nccn3c3ccc(OC4CCOC4)cc23)c1C. The van der Waals surface area contributed by atoms with Crippen molar-refractivity contribution in [3.8, 4) is 5.75 Å². The van der Waals surface area contributed by atoms with Crippen molar-refractivity contribution >= 4 is 22.5 Å². The van der Waals surface area contributed by atoms with E-state index in [0.29, 0.717) is 12.4 Å². The van der Waals surface area contributed by atoms with E-state index >= 15 is 0 Å². The molecule has 4 aromatic rings. The van der Waals surface area contributed by atoms with Crippen LogP contribution in [0.3, 0.4) is 0 Å². The lowest BCUT2D eigenvalue weighted by Gasteiger charge is -2.20. The van der Waals surface area contributed by atoms with E-state index in [2.05, 4.69) is 61.4 Å². The molecule has 154 valence electrons. The third kappa shape index (κ3) is 3.37. The Labute approximate surface area is 175 Å². The van der Waals surface area contributed by atoms with Crippen molar-refractivity contribution in [1.29, 1.82) is 0 Å². The first-order valence-electron chi connectivity index (χ1n) is 10.4. The van der Waals surface area contributed by atoms with E-state index in [1.165, 1.54) is 16.7 Å². The first-order valence-corrected chi connectivity index (χ1v) is 10.4. The van der Waals surface area contributed by atoms with Crippen LogP contribution < -0.4 is 10.1 Å². The van der Waals surface area contributed by atoms with Crippen LogP contribution in [0.2, 0.25) is 0 Å². The third-order valence-corrected chi connectivity index (χ3v) is 5.97. The van der Waals surface area contributed by atoms with Crippen LogP contribution in [0.5, 0.6) is 5.75 Å². The van der Waals surface area contributed by atoms with Crippen LogP contribution >= 0.6 is 0 Å². The van der Waals surface area contributed by atoms with Gasteiger partial charge in [-0.25, -0.2) is 4.98 Å². The molecule has 2 aromatic carbocycles. The summed E-state index contributed by atoms with van der Waals surface area (Å²) in [5, 5.41) is 4.64. The number of imidazole rings is 1. The molecule has 3 heterocycles. The molecule has 0 spiro atoms. The van der Waals surface area contributed by atoms with Crippen molar-refractivity contribution in [2.24, 2.45) is 0 Å². The number of aromatic nitrogens is 3. The number of fused-ring (bicyclic) bond motifs is 3. The molecule has 1 aliphatic heterocycles. The predicted octanol–water partition coefficient (Wildman–Crippen LogP) is 4.84. The van der Waals surface area contributed by atoms with Crippen molar-refractivity contribution in [3.05, 3.63) is 65.5 Å². The average Bonchev–Trinajstić information content (AvgIpc) is 3.42. The molecular weight excluding hydrogens is 376 g/mol. The third-order valence-electron chi connectivity index (χ3n) is 5.97. The Morgan fingerprint density at radius 3 is 2.97 bits per heavy atom. The van der Waals surface area contributed by atoms with E-state index in [1.54, 1.807) is 6.20 Å². The van der Waals surface area contributed by atoms with Crippen LogP contribution in [0.1, 0.15) is 36.1 Å². The molecule has 1 unspecified atom stereocenters. The highest BCUT2D eigenvalue weighted by Gasteiger charge is 2.19. The smallest absolute Gasteiger partial charge is 0.236 e. The highest BCUT2D eigenvalue weighted by molar-refractivity contribution is 5.92. The van der Waals surface area contributed by atoms with Crippen LogP contribution in [0.25, 0.3) is 16.7 Å². The van der Waals surface area contributed by atoms with Crippen molar-refractivity contribution in [2.45, 2.75) is 39.3 Å². The van der Waals surface area contributed by atoms with E-state index in [4.69, 9.17) is 14.5 Å². The molecule has 2 aromatic heterocycles. The quantitative estimate of drug-likeness (QED) is 0.518. The Morgan fingerprint density at radius 2 is 2.13 bits per heavy atom. The van der Waals surface area contributed by atoms with E-state index in [0.717, 1.165) is 35.5 Å². The Bertz CT molecular complexity index is 1210. The number of ether oxygens (including phenoxy) is 2. The maximum Gasteiger partial charge on any atom is 0.236 e. The van der Waals surface area contributed by atoms with Gasteiger partial charge in [-0.15, -0.1) is 0 Å². The molecule has 6 heteroatoms. The minimum Gasteiger partial charge on any atom is -0.488 e. The van der Waals surface area contributed by atoms with E-state index < -0.39 is 0 Å². The summed E-state index contributed by atoms with van der Waals surface area (Å²) in [6.45, 7) is 7.89. The molecule has 30 heavy (non-hydrogen) atoms. The monoisotopic (exact) mass is 402 g/mol. The minimum absolute atomic E-state index is 0.103. The van der Waals surface area contributed by atoms with Gasteiger partial charge in [0.2, 0.25) is 5.78 Å². The van der Waals surface area contributed by atoms with Crippen molar-refractivity contribution < 1.29 is 9.47 Å². The van der Waals surface area contributed by atoms with Gasteiger partial charge in [0.1, 0.15) is 17.7 Å². The average molecular weight is 402 g/mol. The lowest BCUT2D eigenvalue weighted by Crippen LogP contribution is -2.15. The largest absolute Gasteiger partial charge is 0.488 e. The molecule has 1 saturated heterocycles. The van der Waals surface area contributed by atoms with Gasteiger partial charge in [-0.05, 0) is 55.7 Å². The lowest BCUT2D eigenvalue weighted by atomic mass is 9.98. The molecule has 0 saturated carbocycles. The molecule has 0 amide bonds. The van der Waals surface area contributed by atoms with Gasteiger partial charge in [-0.1, -0.05) is 18.2 Å². The van der Waals surface area contributed by atoms with Crippen LogP contribution in [0.15, 0.2) is 48.8 Å². The van der Waals surface area contributed by atoms with Gasteiger partial charge in [0.15, 0.2) is 0 Å². The summed E-state index contributed by atoms with van der Waals surface area (Å²) in [5.41, 5.74) is 4.90. The second-order valence-electron chi connectivity index (χ2n) is 8.00. The van der Waals surface area contributed by atoms with Gasteiger partial charge in [-0.3, -0.25) is 4.40 Å². The number of nitrogens with one attached hydrogen (secondary N) is 1. The maximum atomic E-state index is 6.15. The van der Waals surface area contributed by atoms with Crippen LogP contribution in [0, 0.1) is 13.8 Å². The standard InChI is InChI=1S/C24H26N4O2/c1-15-5-4-6-20(16(15)2)17(3)26-23-21-13-18(30-19-9-12-29-14-19)7-8-22(21)28-11-10-25-24(28)27-23/h4-8,10-11,13,17,19H,9,12,14H2,1-3H3,(H,25,26,27)/t17-,19?/m1/s1. The molecule has 1 fully saturated rings. The summed E-state index contributed by atoms with van der Waals surface area (Å²) in [4.78, 5) is 9.23. The lowest BCUT2D eigenvalue weighted by molar-refractivity contribution is 0.141. The Kier molecular flexibility index (Phi) is 4.79. The zero-order chi connectivity index (χ0) is 20.7. The van der Waals surface area contributed by atoms with Gasteiger partial charge in [-0.2, -0.15) is 4.98 Å². The summed E-state index contributed by atoms with van der Waals surface area (Å²) in [7, 11) is 0. The van der Waals surface area contributed by atoms with Gasteiger partial charge in [0.05, 0.1) is 24.8 Å². The van der Waals surface area contributed by atoms with Gasteiger partial charge >= 0.3 is 0 Å². The number of hydrogen-bond acceptors (Lipinski definition) is 5. The number of hydrogen-bond donors (Lipinski definition) is 1. The highest BCUT2D eigenvalue weighted by Crippen LogP contribution is 2.31. The number of benzene rings is 2. The highest BCUT2D eigenvalue weighted by atomic mass is 16.5. The summed E-state index contributed by atoms with van der Waals surface area (Å²) in [5.74, 6) is 2.32. The van der Waals surface area contributed by atoms with Gasteiger partial charge in [0, 0.05) is 24.2 Å². The molecule has 0 radical (unpaired) electrons. The Hall–Kier alpha value is -3.12. The Balaban J connectivity index is 1.56. The van der Waals surface area contributed by atoms with Crippen molar-refractivity contribution in [1.82, 2.24) is 14.4 Å². The first kappa shape index (κ1) is 18.9. The first-order chi connectivity index (χ1) is 14.6. The fraction of sp³-hybridized carbons (Fsp3) is 0.333. The molecule has 0 aliphatic carbocycles. The zero-order valence-electron chi connectivity index (χ0n) is 17.6. The number of rotatable bonds is 5. The van der Waals surface area contributed by atoms with Crippen molar-refractivity contribution in [3.63, 3.8) is 0 Å². The predicted molar refractivity (Wildman–Crippen MR) is 118 cm³/mol. The fourth-order valence-electron chi connectivity index (χ4n) is 4.15. The summed E-state index contributed by atoms with van der Waals surface area (Å²) in [6, 6.07) is 12.7. The normalized spacial score (nSPS) is 17.5. The summed E-state index contributed by atoms with van der Waals surface area (Å²) < 4.78 is 13.6. The van der Waals surface area contributed by atoms with Crippen LogP contribution in [-0.2, 0) is 4.74 Å². The minimum atomic E-state index is 0.103. The number of anilines is 1.